The van der Waals surface area contributed by atoms with Gasteiger partial charge >= 0.3 is 0 Å². The highest BCUT2D eigenvalue weighted by molar-refractivity contribution is 6.10. The van der Waals surface area contributed by atoms with Gasteiger partial charge in [0.15, 0.2) is 11.4 Å². The smallest absolute Gasteiger partial charge is 0.216 e. The fourth-order valence-corrected chi connectivity index (χ4v) is 4.01. The van der Waals surface area contributed by atoms with Crippen LogP contribution in [-0.4, -0.2) is 0 Å². The van der Waals surface area contributed by atoms with Crippen molar-refractivity contribution in [3.8, 4) is 11.3 Å². The zero-order chi connectivity index (χ0) is 26.1. The first kappa shape index (κ1) is 14.8. The Morgan fingerprint density at radius 2 is 1.83 bits per heavy atom. The molecule has 2 heterocycles. The molecule has 1 unspecified atom stereocenters. The molecule has 0 radical (unpaired) electrons. The lowest BCUT2D eigenvalue weighted by Crippen LogP contribution is -2.35. The molecule has 0 aliphatic heterocycles. The van der Waals surface area contributed by atoms with Gasteiger partial charge in [-0.05, 0) is 41.5 Å². The summed E-state index contributed by atoms with van der Waals surface area (Å²) in [5.74, 6) is -2.73. The number of aromatic nitrogens is 1. The van der Waals surface area contributed by atoms with Gasteiger partial charge in [0.1, 0.15) is 18.2 Å². The monoisotopic (exact) mass is 402 g/mol. The molecule has 4 rings (SSSR count). The molecular weight excluding hydrogens is 368 g/mol. The summed E-state index contributed by atoms with van der Waals surface area (Å²) in [6.07, 6.45) is 0. The van der Waals surface area contributed by atoms with E-state index in [0.29, 0.717) is 16.6 Å². The first-order valence-electron chi connectivity index (χ1n) is 12.5. The van der Waals surface area contributed by atoms with Gasteiger partial charge < -0.3 is 4.42 Å². The van der Waals surface area contributed by atoms with Crippen LogP contribution in [0.1, 0.15) is 68.6 Å². The van der Waals surface area contributed by atoms with E-state index in [1.807, 2.05) is 59.0 Å². The molecule has 3 nitrogen and oxygen atoms in total. The van der Waals surface area contributed by atoms with Crippen LogP contribution in [-0.2, 0) is 7.05 Å². The number of fused-ring (bicyclic) bond motifs is 3. The molecule has 1 atom stereocenters. The predicted molar refractivity (Wildman–Crippen MR) is 124 cm³/mol. The van der Waals surface area contributed by atoms with Crippen molar-refractivity contribution in [3.05, 3.63) is 70.2 Å². The van der Waals surface area contributed by atoms with Crippen LogP contribution in [0.4, 0.5) is 5.69 Å². The normalized spacial score (nSPS) is 16.9. The van der Waals surface area contributed by atoms with Crippen molar-refractivity contribution >= 4 is 27.6 Å². The number of pyridine rings is 1. The van der Waals surface area contributed by atoms with Crippen molar-refractivity contribution in [3.63, 3.8) is 0 Å². The van der Waals surface area contributed by atoms with Crippen molar-refractivity contribution in [1.82, 2.24) is 0 Å². The quantitative estimate of drug-likeness (QED) is 0.257. The Kier molecular flexibility index (Phi) is 3.60. The number of furan rings is 1. The Hall–Kier alpha value is -3.12. The number of benzene rings is 2. The van der Waals surface area contributed by atoms with E-state index in [1.54, 1.807) is 12.1 Å². The van der Waals surface area contributed by atoms with Crippen LogP contribution in [0, 0.1) is 20.4 Å². The van der Waals surface area contributed by atoms with Crippen molar-refractivity contribution in [2.24, 2.45) is 7.05 Å². The van der Waals surface area contributed by atoms with E-state index < -0.39 is 18.6 Å². The zero-order valence-corrected chi connectivity index (χ0v) is 18.3. The van der Waals surface area contributed by atoms with E-state index in [1.165, 1.54) is 6.92 Å². The van der Waals surface area contributed by atoms with Gasteiger partial charge in [0.25, 0.3) is 0 Å². The minimum atomic E-state index is -2.60. The molecule has 30 heavy (non-hydrogen) atoms. The van der Waals surface area contributed by atoms with Gasteiger partial charge in [-0.1, -0.05) is 45.8 Å². The fourth-order valence-electron chi connectivity index (χ4n) is 4.01. The third-order valence-corrected chi connectivity index (χ3v) is 5.87. The summed E-state index contributed by atoms with van der Waals surface area (Å²) in [4.78, 5) is 3.53. The summed E-state index contributed by atoms with van der Waals surface area (Å²) < 4.78 is 49.1. The lowest BCUT2D eigenvalue weighted by molar-refractivity contribution is -0.666. The number of hydrogen-bond acceptors (Lipinski definition) is 1. The average molecular weight is 403 g/mol. The molecule has 4 aromatic rings. The maximum atomic E-state index is 8.59. The molecule has 0 N–H and O–H groups in total. The summed E-state index contributed by atoms with van der Waals surface area (Å²) in [7, 11) is 1.98. The van der Waals surface area contributed by atoms with Crippen LogP contribution in [0.25, 0.3) is 38.0 Å². The molecule has 2 aromatic heterocycles. The van der Waals surface area contributed by atoms with Gasteiger partial charge in [0, 0.05) is 36.7 Å². The molecule has 0 aliphatic rings. The van der Waals surface area contributed by atoms with Crippen LogP contribution in [0.15, 0.2) is 40.8 Å². The Morgan fingerprint density at radius 1 is 1.07 bits per heavy atom. The average Bonchev–Trinajstić information content (AvgIpc) is 3.10. The lowest BCUT2D eigenvalue weighted by Gasteiger charge is -2.11. The fraction of sp³-hybridized carbons (Fsp3) is 0.333. The lowest BCUT2D eigenvalue weighted by atomic mass is 9.95. The molecular formula is C27H29N2O+. The summed E-state index contributed by atoms with van der Waals surface area (Å²) in [5, 5.41) is 1.45. The zero-order valence-electron chi connectivity index (χ0n) is 23.3. The third-order valence-electron chi connectivity index (χ3n) is 5.87. The topological polar surface area (TPSA) is 21.4 Å². The van der Waals surface area contributed by atoms with Crippen LogP contribution >= 0.6 is 0 Å². The standard InChI is InChI=1S/C27H29N2O/c1-15(2)19-11-18(6)29(8)24(12-19)26-17(5)9-10-20-22-13-21(16(3)4)23(28-7)14-25(22)30-27(20)26/h9-16H,1-6,8H3/q+1/i3D3,15D,16D. The molecule has 2 aromatic carbocycles. The minimum Gasteiger partial charge on any atom is -0.456 e. The summed E-state index contributed by atoms with van der Waals surface area (Å²) in [5.41, 5.74) is 6.02. The molecule has 0 spiro atoms. The van der Waals surface area contributed by atoms with E-state index in [0.717, 1.165) is 33.5 Å². The van der Waals surface area contributed by atoms with E-state index in [4.69, 9.17) is 17.8 Å². The van der Waals surface area contributed by atoms with E-state index in [-0.39, 0.29) is 11.3 Å². The van der Waals surface area contributed by atoms with Gasteiger partial charge in [-0.2, -0.15) is 4.57 Å². The van der Waals surface area contributed by atoms with Crippen molar-refractivity contribution in [2.75, 3.05) is 0 Å². The summed E-state index contributed by atoms with van der Waals surface area (Å²) in [6.45, 7) is 14.1. The number of hydrogen-bond donors (Lipinski definition) is 0. The van der Waals surface area contributed by atoms with E-state index in [9.17, 15) is 0 Å². The molecule has 152 valence electrons. The molecule has 0 fully saturated rings. The second kappa shape index (κ2) is 7.29. The third kappa shape index (κ3) is 3.08. The Labute approximate surface area is 185 Å². The Balaban J connectivity index is 2.11. The maximum absolute atomic E-state index is 8.59. The second-order valence-corrected chi connectivity index (χ2v) is 8.17. The van der Waals surface area contributed by atoms with Crippen LogP contribution < -0.4 is 4.57 Å². The number of rotatable bonds is 3. The van der Waals surface area contributed by atoms with Crippen LogP contribution in [0.5, 0.6) is 0 Å². The Morgan fingerprint density at radius 3 is 2.50 bits per heavy atom. The van der Waals surface area contributed by atoms with Crippen molar-refractivity contribution < 1.29 is 15.8 Å². The molecule has 3 heteroatoms. The van der Waals surface area contributed by atoms with Gasteiger partial charge in [0.05, 0.1) is 12.1 Å². The van der Waals surface area contributed by atoms with E-state index in [2.05, 4.69) is 9.41 Å². The van der Waals surface area contributed by atoms with Crippen LogP contribution in [0.2, 0.25) is 0 Å². The van der Waals surface area contributed by atoms with E-state index >= 15 is 0 Å². The highest BCUT2D eigenvalue weighted by Gasteiger charge is 2.24. The van der Waals surface area contributed by atoms with Crippen LogP contribution in [0.3, 0.4) is 0 Å². The molecule has 0 saturated carbocycles. The molecule has 0 bridgehead atoms. The van der Waals surface area contributed by atoms with Crippen molar-refractivity contribution in [1.29, 1.82) is 0 Å². The number of aryl methyl sites for hydroxylation is 2. The summed E-state index contributed by atoms with van der Waals surface area (Å²) in [6, 6.07) is 11.1. The van der Waals surface area contributed by atoms with Gasteiger partial charge in [-0.15, -0.1) is 0 Å². The number of nitrogens with zero attached hydrogens (tertiary/aromatic N) is 2. The first-order chi connectivity index (χ1) is 16.1. The minimum absolute atomic E-state index is 0.0998. The maximum Gasteiger partial charge on any atom is 0.216 e. The predicted octanol–water partition coefficient (Wildman–Crippen LogP) is 7.49. The Bertz CT molecular complexity index is 1530. The summed E-state index contributed by atoms with van der Waals surface area (Å²) >= 11 is 0. The first-order valence-corrected chi connectivity index (χ1v) is 9.97. The van der Waals surface area contributed by atoms with Gasteiger partial charge in [-0.25, -0.2) is 4.85 Å². The van der Waals surface area contributed by atoms with Gasteiger partial charge in [-0.3, -0.25) is 0 Å². The highest BCUT2D eigenvalue weighted by Crippen LogP contribution is 2.41. The van der Waals surface area contributed by atoms with Crippen molar-refractivity contribution in [2.45, 2.75) is 53.3 Å². The molecule has 0 aliphatic carbocycles. The highest BCUT2D eigenvalue weighted by atomic mass is 16.3. The molecule has 0 amide bonds. The SMILES string of the molecule is [2H]C(C)(C)c1cc(C)[n+](C)c(-c2c(C)ccc3c2oc2cc([N+]#[C-])c(C([2H])(C)C([2H])([2H])[2H])cc23)c1. The second-order valence-electron chi connectivity index (χ2n) is 8.17. The largest absolute Gasteiger partial charge is 0.456 e. The molecule has 0 saturated heterocycles. The van der Waals surface area contributed by atoms with Gasteiger partial charge in [0.2, 0.25) is 5.69 Å².